The zero-order valence-corrected chi connectivity index (χ0v) is 15.5. The van der Waals surface area contributed by atoms with E-state index in [1.807, 2.05) is 6.92 Å². The quantitative estimate of drug-likeness (QED) is 0.763. The van der Waals surface area contributed by atoms with Crippen molar-refractivity contribution in [3.05, 3.63) is 29.8 Å². The zero-order chi connectivity index (χ0) is 19.5. The fourth-order valence-corrected chi connectivity index (χ4v) is 3.62. The summed E-state index contributed by atoms with van der Waals surface area (Å²) in [6, 6.07) is 3.97. The van der Waals surface area contributed by atoms with Crippen LogP contribution in [0.4, 0.5) is 18.9 Å². The van der Waals surface area contributed by atoms with Crippen LogP contribution >= 0.6 is 0 Å². The number of hydrogen-bond acceptors (Lipinski definition) is 4. The number of piperazine rings is 1. The molecule has 0 aliphatic carbocycles. The summed E-state index contributed by atoms with van der Waals surface area (Å²) in [5.41, 5.74) is -1.14. The Balaban J connectivity index is 2.20. The molecule has 1 aromatic rings. The van der Waals surface area contributed by atoms with Gasteiger partial charge in [-0.15, -0.1) is 0 Å². The lowest BCUT2D eigenvalue weighted by atomic mass is 10.2. The van der Waals surface area contributed by atoms with Crippen LogP contribution in [0.1, 0.15) is 12.5 Å². The van der Waals surface area contributed by atoms with Crippen molar-refractivity contribution >= 4 is 21.6 Å². The van der Waals surface area contributed by atoms with E-state index in [4.69, 9.17) is 0 Å². The molecule has 0 bridgehead atoms. The Kier molecular flexibility index (Phi) is 6.17. The smallest absolute Gasteiger partial charge is 0.339 e. The first-order valence-corrected chi connectivity index (χ1v) is 10.0. The van der Waals surface area contributed by atoms with E-state index in [1.54, 1.807) is 0 Å². The van der Waals surface area contributed by atoms with Gasteiger partial charge >= 0.3 is 6.18 Å². The van der Waals surface area contributed by atoms with Gasteiger partial charge in [-0.3, -0.25) is 9.10 Å². The molecule has 0 spiro atoms. The van der Waals surface area contributed by atoms with Crippen molar-refractivity contribution in [1.82, 2.24) is 9.80 Å². The molecule has 0 saturated carbocycles. The van der Waals surface area contributed by atoms with Gasteiger partial charge in [0.2, 0.25) is 15.9 Å². The van der Waals surface area contributed by atoms with Gasteiger partial charge in [-0.1, -0.05) is 13.0 Å². The van der Waals surface area contributed by atoms with Crippen LogP contribution in [0.3, 0.4) is 0 Å². The Morgan fingerprint density at radius 2 is 1.81 bits per heavy atom. The SMILES string of the molecule is CCN1CCN(C(=O)CN(c2cccc(C(F)(F)F)c2)S(C)(=O)=O)CC1. The maximum Gasteiger partial charge on any atom is 0.416 e. The van der Waals surface area contributed by atoms with Crippen molar-refractivity contribution in [3.63, 3.8) is 0 Å². The van der Waals surface area contributed by atoms with Gasteiger partial charge in [0, 0.05) is 26.2 Å². The molecule has 1 amide bonds. The Labute approximate surface area is 151 Å². The second kappa shape index (κ2) is 7.83. The molecule has 0 unspecified atom stereocenters. The summed E-state index contributed by atoms with van der Waals surface area (Å²) in [4.78, 5) is 16.2. The molecule has 1 saturated heterocycles. The Morgan fingerprint density at radius 1 is 1.19 bits per heavy atom. The molecule has 0 aromatic heterocycles. The zero-order valence-electron chi connectivity index (χ0n) is 14.7. The lowest BCUT2D eigenvalue weighted by Crippen LogP contribution is -2.51. The minimum atomic E-state index is -4.60. The fraction of sp³-hybridized carbons (Fsp3) is 0.562. The Morgan fingerprint density at radius 3 is 2.31 bits per heavy atom. The first-order valence-electron chi connectivity index (χ1n) is 8.17. The third-order valence-electron chi connectivity index (χ3n) is 4.31. The summed E-state index contributed by atoms with van der Waals surface area (Å²) in [6.45, 7) is 4.65. The highest BCUT2D eigenvalue weighted by atomic mass is 32.2. The van der Waals surface area contributed by atoms with Crippen LogP contribution in [0.2, 0.25) is 0 Å². The van der Waals surface area contributed by atoms with E-state index in [9.17, 15) is 26.4 Å². The molecule has 26 heavy (non-hydrogen) atoms. The van der Waals surface area contributed by atoms with E-state index in [0.29, 0.717) is 26.2 Å². The number of sulfonamides is 1. The Hall–Kier alpha value is -1.81. The minimum Gasteiger partial charge on any atom is -0.339 e. The lowest BCUT2D eigenvalue weighted by molar-refractivity contribution is -0.137. The van der Waals surface area contributed by atoms with Gasteiger partial charge in [-0.25, -0.2) is 8.42 Å². The maximum absolute atomic E-state index is 12.9. The molecule has 1 fully saturated rings. The van der Waals surface area contributed by atoms with Crippen LogP contribution in [0.5, 0.6) is 0 Å². The number of halogens is 3. The van der Waals surface area contributed by atoms with Gasteiger partial charge in [-0.2, -0.15) is 13.2 Å². The van der Waals surface area contributed by atoms with Crippen molar-refractivity contribution < 1.29 is 26.4 Å². The predicted molar refractivity (Wildman–Crippen MR) is 92.3 cm³/mol. The number of nitrogens with zero attached hydrogens (tertiary/aromatic N) is 3. The van der Waals surface area contributed by atoms with Crippen LogP contribution in [0.25, 0.3) is 0 Å². The van der Waals surface area contributed by atoms with E-state index in [1.165, 1.54) is 11.0 Å². The van der Waals surface area contributed by atoms with Gasteiger partial charge in [0.15, 0.2) is 0 Å². The Bertz CT molecular complexity index is 745. The number of amides is 1. The third kappa shape index (κ3) is 5.10. The number of anilines is 1. The standard InChI is InChI=1S/C16H22F3N3O3S/c1-3-20-7-9-21(10-8-20)15(23)12-22(26(2,24)25)14-6-4-5-13(11-14)16(17,18)19/h4-6,11H,3,7-10,12H2,1-2H3. The summed E-state index contributed by atoms with van der Waals surface area (Å²) in [5, 5.41) is 0. The summed E-state index contributed by atoms with van der Waals surface area (Å²) in [5.74, 6) is -0.427. The number of rotatable bonds is 5. The average Bonchev–Trinajstić information content (AvgIpc) is 2.58. The van der Waals surface area contributed by atoms with E-state index in [-0.39, 0.29) is 5.69 Å². The lowest BCUT2D eigenvalue weighted by Gasteiger charge is -2.35. The van der Waals surface area contributed by atoms with Crippen LogP contribution in [-0.2, 0) is 21.0 Å². The van der Waals surface area contributed by atoms with Crippen molar-refractivity contribution in [2.75, 3.05) is 49.8 Å². The molecule has 1 heterocycles. The van der Waals surface area contributed by atoms with E-state index >= 15 is 0 Å². The maximum atomic E-state index is 12.9. The monoisotopic (exact) mass is 393 g/mol. The summed E-state index contributed by atoms with van der Waals surface area (Å²) in [6.07, 6.45) is -3.73. The number of alkyl halides is 3. The molecular weight excluding hydrogens is 371 g/mol. The van der Waals surface area contributed by atoms with Crippen LogP contribution in [-0.4, -0.2) is 69.6 Å². The van der Waals surface area contributed by atoms with Gasteiger partial charge in [0.25, 0.3) is 0 Å². The average molecular weight is 393 g/mol. The number of hydrogen-bond donors (Lipinski definition) is 0. The third-order valence-corrected chi connectivity index (χ3v) is 5.45. The van der Waals surface area contributed by atoms with Crippen LogP contribution < -0.4 is 4.31 Å². The van der Waals surface area contributed by atoms with Gasteiger partial charge in [0.1, 0.15) is 6.54 Å². The molecule has 1 aromatic carbocycles. The molecule has 146 valence electrons. The van der Waals surface area contributed by atoms with Gasteiger partial charge < -0.3 is 9.80 Å². The summed E-state index contributed by atoms with van der Waals surface area (Å²) in [7, 11) is -3.92. The number of benzene rings is 1. The van der Waals surface area contributed by atoms with Crippen LogP contribution in [0, 0.1) is 0 Å². The van der Waals surface area contributed by atoms with E-state index in [0.717, 1.165) is 35.3 Å². The molecule has 10 heteroatoms. The second-order valence-electron chi connectivity index (χ2n) is 6.13. The number of carbonyl (C=O) groups excluding carboxylic acids is 1. The minimum absolute atomic E-state index is 0.178. The largest absolute Gasteiger partial charge is 0.416 e. The van der Waals surface area contributed by atoms with Gasteiger partial charge in [0.05, 0.1) is 17.5 Å². The van der Waals surface area contributed by atoms with Crippen molar-refractivity contribution in [2.24, 2.45) is 0 Å². The summed E-state index contributed by atoms with van der Waals surface area (Å²) < 4.78 is 63.6. The van der Waals surface area contributed by atoms with E-state index in [2.05, 4.69) is 4.90 Å². The highest BCUT2D eigenvalue weighted by molar-refractivity contribution is 7.92. The molecule has 0 N–H and O–H groups in total. The first-order chi connectivity index (χ1) is 12.0. The molecule has 1 aliphatic heterocycles. The highest BCUT2D eigenvalue weighted by Crippen LogP contribution is 2.32. The topological polar surface area (TPSA) is 60.9 Å². The predicted octanol–water partition coefficient (Wildman–Crippen LogP) is 1.64. The van der Waals surface area contributed by atoms with Crippen LogP contribution in [0.15, 0.2) is 24.3 Å². The molecule has 0 atom stereocenters. The molecule has 0 radical (unpaired) electrons. The first kappa shape index (κ1) is 20.5. The van der Waals surface area contributed by atoms with Crippen molar-refractivity contribution in [2.45, 2.75) is 13.1 Å². The fourth-order valence-electron chi connectivity index (χ4n) is 2.77. The molecule has 1 aliphatic rings. The molecule has 6 nitrogen and oxygen atoms in total. The number of carbonyl (C=O) groups is 1. The van der Waals surface area contributed by atoms with Crippen molar-refractivity contribution in [3.8, 4) is 0 Å². The van der Waals surface area contributed by atoms with Gasteiger partial charge in [-0.05, 0) is 24.7 Å². The molecular formula is C16H22F3N3O3S. The van der Waals surface area contributed by atoms with Crippen molar-refractivity contribution in [1.29, 1.82) is 0 Å². The number of likely N-dealkylation sites (N-methyl/N-ethyl adjacent to an activating group) is 1. The normalized spacial score (nSPS) is 16.6. The van der Waals surface area contributed by atoms with E-state index < -0.39 is 34.2 Å². The second-order valence-corrected chi connectivity index (χ2v) is 8.04. The highest BCUT2D eigenvalue weighted by Gasteiger charge is 2.32. The molecule has 2 rings (SSSR count). The summed E-state index contributed by atoms with van der Waals surface area (Å²) >= 11 is 0.